The second-order valence-corrected chi connectivity index (χ2v) is 8.96. The standard InChI is InChI=1S/C25H28ClN5O/c1-3-4-12-32-19-9-10-21(26)20(14-19)25-30-29-24-16(2)28-22-11-8-17(13-23(22)31(24)25)15-27-18-6-5-7-18/h8-11,13-14,18,27H,3-7,12,15H2,1-2H3. The minimum Gasteiger partial charge on any atom is -0.494 e. The van der Waals surface area contributed by atoms with Gasteiger partial charge in [0.25, 0.3) is 0 Å². The first kappa shape index (κ1) is 21.2. The molecule has 6 nitrogen and oxygen atoms in total. The van der Waals surface area contributed by atoms with Crippen LogP contribution in [0.2, 0.25) is 5.02 Å². The average molecular weight is 450 g/mol. The molecule has 0 radical (unpaired) electrons. The molecule has 1 aliphatic rings. The Hall–Kier alpha value is -2.70. The number of halogens is 1. The Morgan fingerprint density at radius 3 is 2.81 bits per heavy atom. The molecule has 5 rings (SSSR count). The summed E-state index contributed by atoms with van der Waals surface area (Å²) in [6, 6.07) is 12.8. The van der Waals surface area contributed by atoms with Crippen LogP contribution in [0.5, 0.6) is 5.75 Å². The molecule has 4 aromatic rings. The van der Waals surface area contributed by atoms with Gasteiger partial charge in [-0.15, -0.1) is 10.2 Å². The van der Waals surface area contributed by atoms with Crippen LogP contribution in [-0.4, -0.2) is 32.2 Å². The van der Waals surface area contributed by atoms with E-state index in [-0.39, 0.29) is 0 Å². The molecule has 0 spiro atoms. The molecule has 0 unspecified atom stereocenters. The Balaban J connectivity index is 1.59. The van der Waals surface area contributed by atoms with Gasteiger partial charge in [-0.2, -0.15) is 0 Å². The van der Waals surface area contributed by atoms with Crippen LogP contribution in [0.15, 0.2) is 36.4 Å². The van der Waals surface area contributed by atoms with Crippen LogP contribution in [0, 0.1) is 6.92 Å². The number of fused-ring (bicyclic) bond motifs is 3. The van der Waals surface area contributed by atoms with Gasteiger partial charge in [0, 0.05) is 18.2 Å². The zero-order valence-electron chi connectivity index (χ0n) is 18.6. The first-order chi connectivity index (χ1) is 15.6. The minimum atomic E-state index is 0.618. The lowest BCUT2D eigenvalue weighted by atomic mass is 9.93. The van der Waals surface area contributed by atoms with E-state index < -0.39 is 0 Å². The molecular formula is C25H28ClN5O. The van der Waals surface area contributed by atoms with E-state index in [1.165, 1.54) is 24.8 Å². The molecule has 2 heterocycles. The van der Waals surface area contributed by atoms with Crippen LogP contribution in [0.1, 0.15) is 50.3 Å². The Morgan fingerprint density at radius 1 is 1.16 bits per heavy atom. The van der Waals surface area contributed by atoms with Gasteiger partial charge in [-0.05, 0) is 62.1 Å². The van der Waals surface area contributed by atoms with E-state index in [0.29, 0.717) is 23.5 Å². The van der Waals surface area contributed by atoms with Crippen LogP contribution in [0.4, 0.5) is 0 Å². The van der Waals surface area contributed by atoms with Crippen molar-refractivity contribution in [2.45, 2.75) is 58.5 Å². The van der Waals surface area contributed by atoms with Crippen molar-refractivity contribution >= 4 is 28.3 Å². The maximum absolute atomic E-state index is 6.62. The normalized spacial score (nSPS) is 14.2. The first-order valence-electron chi connectivity index (χ1n) is 11.4. The summed E-state index contributed by atoms with van der Waals surface area (Å²) in [6.07, 6.45) is 5.96. The van der Waals surface area contributed by atoms with Crippen molar-refractivity contribution < 1.29 is 4.74 Å². The molecule has 0 bridgehead atoms. The number of hydrogen-bond donors (Lipinski definition) is 1. The molecule has 0 amide bonds. The summed E-state index contributed by atoms with van der Waals surface area (Å²) in [5, 5.41) is 13.2. The molecule has 1 fully saturated rings. The number of ether oxygens (including phenoxy) is 1. The molecule has 0 saturated heterocycles. The largest absolute Gasteiger partial charge is 0.494 e. The second kappa shape index (κ2) is 9.04. The van der Waals surface area contributed by atoms with Crippen molar-refractivity contribution in [2.24, 2.45) is 0 Å². The van der Waals surface area contributed by atoms with Gasteiger partial charge in [0.1, 0.15) is 5.75 Å². The van der Waals surface area contributed by atoms with Gasteiger partial charge in [0.2, 0.25) is 0 Å². The zero-order valence-corrected chi connectivity index (χ0v) is 19.3. The SMILES string of the molecule is CCCCOc1ccc(Cl)c(-c2nnc3c(C)nc4ccc(CNC5CCC5)cc4n23)c1. The number of nitrogens with one attached hydrogen (secondary N) is 1. The monoisotopic (exact) mass is 449 g/mol. The van der Waals surface area contributed by atoms with Crippen molar-refractivity contribution in [1.29, 1.82) is 0 Å². The van der Waals surface area contributed by atoms with Crippen molar-refractivity contribution in [2.75, 3.05) is 6.61 Å². The summed E-state index contributed by atoms with van der Waals surface area (Å²) in [5.41, 5.74) is 5.49. The van der Waals surface area contributed by atoms with Gasteiger partial charge in [0.05, 0.1) is 28.4 Å². The highest BCUT2D eigenvalue weighted by Gasteiger charge is 2.19. The third-order valence-electron chi connectivity index (χ3n) is 6.20. The zero-order chi connectivity index (χ0) is 22.1. The Bertz CT molecular complexity index is 1260. The molecule has 0 aliphatic heterocycles. The molecule has 1 aliphatic carbocycles. The number of aryl methyl sites for hydroxylation is 1. The van der Waals surface area contributed by atoms with Gasteiger partial charge in [-0.1, -0.05) is 37.4 Å². The summed E-state index contributed by atoms with van der Waals surface area (Å²) in [7, 11) is 0. The highest BCUT2D eigenvalue weighted by Crippen LogP contribution is 2.33. The number of hydrogen-bond acceptors (Lipinski definition) is 5. The number of rotatable bonds is 8. The molecule has 7 heteroatoms. The lowest BCUT2D eigenvalue weighted by molar-refractivity contribution is 0.309. The van der Waals surface area contributed by atoms with Gasteiger partial charge in [0.15, 0.2) is 11.5 Å². The summed E-state index contributed by atoms with van der Waals surface area (Å²) >= 11 is 6.62. The molecule has 1 N–H and O–H groups in total. The summed E-state index contributed by atoms with van der Waals surface area (Å²) in [5.74, 6) is 1.49. The molecular weight excluding hydrogens is 422 g/mol. The molecule has 32 heavy (non-hydrogen) atoms. The van der Waals surface area contributed by atoms with Crippen LogP contribution in [0.25, 0.3) is 28.1 Å². The highest BCUT2D eigenvalue weighted by molar-refractivity contribution is 6.33. The van der Waals surface area contributed by atoms with E-state index >= 15 is 0 Å². The third-order valence-corrected chi connectivity index (χ3v) is 6.53. The number of unbranched alkanes of at least 4 members (excludes halogenated alkanes) is 1. The van der Waals surface area contributed by atoms with Crippen molar-refractivity contribution in [3.05, 3.63) is 52.7 Å². The number of nitrogens with zero attached hydrogens (tertiary/aromatic N) is 4. The lowest BCUT2D eigenvalue weighted by Crippen LogP contribution is -2.34. The Labute approximate surface area is 193 Å². The van der Waals surface area contributed by atoms with Crippen LogP contribution < -0.4 is 10.1 Å². The topological polar surface area (TPSA) is 64.3 Å². The second-order valence-electron chi connectivity index (χ2n) is 8.56. The molecule has 2 aromatic carbocycles. The van der Waals surface area contributed by atoms with Crippen LogP contribution >= 0.6 is 11.6 Å². The van der Waals surface area contributed by atoms with E-state index in [4.69, 9.17) is 21.3 Å². The van der Waals surface area contributed by atoms with Gasteiger partial charge >= 0.3 is 0 Å². The molecule has 0 atom stereocenters. The maximum Gasteiger partial charge on any atom is 0.183 e. The average Bonchev–Trinajstić information content (AvgIpc) is 3.20. The molecule has 2 aromatic heterocycles. The van der Waals surface area contributed by atoms with Crippen LogP contribution in [0.3, 0.4) is 0 Å². The van der Waals surface area contributed by atoms with Crippen molar-refractivity contribution in [1.82, 2.24) is 24.9 Å². The number of aromatic nitrogens is 4. The fourth-order valence-corrected chi connectivity index (χ4v) is 4.28. The van der Waals surface area contributed by atoms with Gasteiger partial charge in [-0.3, -0.25) is 4.40 Å². The third kappa shape index (κ3) is 4.05. The van der Waals surface area contributed by atoms with E-state index in [0.717, 1.165) is 53.1 Å². The van der Waals surface area contributed by atoms with Crippen molar-refractivity contribution in [3.63, 3.8) is 0 Å². The highest BCUT2D eigenvalue weighted by atomic mass is 35.5. The summed E-state index contributed by atoms with van der Waals surface area (Å²) in [4.78, 5) is 4.76. The predicted molar refractivity (Wildman–Crippen MR) is 128 cm³/mol. The van der Waals surface area contributed by atoms with Gasteiger partial charge < -0.3 is 10.1 Å². The van der Waals surface area contributed by atoms with Crippen molar-refractivity contribution in [3.8, 4) is 17.1 Å². The predicted octanol–water partition coefficient (Wildman–Crippen LogP) is 5.73. The van der Waals surface area contributed by atoms with Gasteiger partial charge in [-0.25, -0.2) is 4.98 Å². The van der Waals surface area contributed by atoms with E-state index in [9.17, 15) is 0 Å². The summed E-state index contributed by atoms with van der Waals surface area (Å²) in [6.45, 7) is 5.64. The fraction of sp³-hybridized carbons (Fsp3) is 0.400. The fourth-order valence-electron chi connectivity index (χ4n) is 4.08. The molecule has 1 saturated carbocycles. The summed E-state index contributed by atoms with van der Waals surface area (Å²) < 4.78 is 7.99. The van der Waals surface area contributed by atoms with E-state index in [1.807, 2.05) is 25.1 Å². The smallest absolute Gasteiger partial charge is 0.183 e. The van der Waals surface area contributed by atoms with E-state index in [1.54, 1.807) is 0 Å². The maximum atomic E-state index is 6.62. The number of benzene rings is 2. The Kier molecular flexibility index (Phi) is 5.98. The van der Waals surface area contributed by atoms with E-state index in [2.05, 4.69) is 45.0 Å². The molecule has 166 valence electrons. The minimum absolute atomic E-state index is 0.618. The quantitative estimate of drug-likeness (QED) is 0.348. The Morgan fingerprint density at radius 2 is 2.03 bits per heavy atom. The first-order valence-corrected chi connectivity index (χ1v) is 11.8. The van der Waals surface area contributed by atoms with Crippen LogP contribution in [-0.2, 0) is 6.54 Å². The lowest BCUT2D eigenvalue weighted by Gasteiger charge is -2.26.